The highest BCUT2D eigenvalue weighted by molar-refractivity contribution is 7.99. The molecule has 1 aliphatic rings. The minimum absolute atomic E-state index is 0.0179. The minimum Gasteiger partial charge on any atom is -0.458 e. The molecule has 3 rings (SSSR count). The van der Waals surface area contributed by atoms with Gasteiger partial charge in [0.05, 0.1) is 17.1 Å². The Morgan fingerprint density at radius 1 is 1.38 bits per heavy atom. The minimum atomic E-state index is -0.825. The molecule has 8 heteroatoms. The van der Waals surface area contributed by atoms with Crippen LogP contribution in [0.5, 0.6) is 0 Å². The molecule has 1 atom stereocenters. The van der Waals surface area contributed by atoms with Crippen molar-refractivity contribution in [3.05, 3.63) is 88.1 Å². The molecule has 0 spiro atoms. The number of fused-ring (bicyclic) bond motifs is 1. The molecule has 0 amide bonds. The second-order valence-corrected chi connectivity index (χ2v) is 7.28. The van der Waals surface area contributed by atoms with E-state index in [1.54, 1.807) is 19.1 Å². The van der Waals surface area contributed by atoms with E-state index in [1.165, 1.54) is 36.0 Å². The smallest absolute Gasteiger partial charge is 0.337 e. The molecular weight excluding hydrogens is 393 g/mol. The van der Waals surface area contributed by atoms with E-state index in [2.05, 4.69) is 28.4 Å². The van der Waals surface area contributed by atoms with Crippen LogP contribution in [0.3, 0.4) is 0 Å². The molecule has 0 radical (unpaired) electrons. The Morgan fingerprint density at radius 3 is 2.86 bits per heavy atom. The Bertz CT molecular complexity index is 1060. The topological polar surface area (TPSA) is 84.1 Å². The number of aromatic amines is 1. The van der Waals surface area contributed by atoms with Crippen molar-refractivity contribution in [2.24, 2.45) is 0 Å². The standard InChI is InChI=1S/C21H20FN3O3S/c1-4-9-28-20(27)15-12(3)23-18-17(16(15)13-7-6-8-14(22)11-13)19(26)25-21(24-18)29-10-5-2/h4-8,11,16H,1-2,9-10H2,3H3,(H2,23,24,25,26)/t16-/m1/s1. The summed E-state index contributed by atoms with van der Waals surface area (Å²) in [5.41, 5.74) is 0.985. The number of aromatic nitrogens is 2. The third-order valence-electron chi connectivity index (χ3n) is 4.29. The Morgan fingerprint density at radius 2 is 2.17 bits per heavy atom. The number of nitrogens with one attached hydrogen (secondary N) is 2. The van der Waals surface area contributed by atoms with Crippen LogP contribution in [0.25, 0.3) is 0 Å². The number of carbonyl (C=O) groups excluding carboxylic acids is 1. The quantitative estimate of drug-likeness (QED) is 0.311. The van der Waals surface area contributed by atoms with Crippen LogP contribution in [0, 0.1) is 5.82 Å². The number of esters is 1. The fourth-order valence-electron chi connectivity index (χ4n) is 3.14. The van der Waals surface area contributed by atoms with Gasteiger partial charge in [-0.2, -0.15) is 0 Å². The van der Waals surface area contributed by atoms with Crippen LogP contribution in [-0.2, 0) is 9.53 Å². The van der Waals surface area contributed by atoms with E-state index in [1.807, 2.05) is 0 Å². The molecule has 1 aliphatic heterocycles. The molecule has 0 saturated carbocycles. The van der Waals surface area contributed by atoms with Gasteiger partial charge in [0, 0.05) is 11.4 Å². The maximum atomic E-state index is 14.0. The number of thioether (sulfide) groups is 1. The van der Waals surface area contributed by atoms with Gasteiger partial charge in [0.2, 0.25) is 0 Å². The molecule has 0 saturated heterocycles. The zero-order valence-electron chi connectivity index (χ0n) is 15.8. The molecule has 6 nitrogen and oxygen atoms in total. The summed E-state index contributed by atoms with van der Waals surface area (Å²) in [5, 5.41) is 3.45. The van der Waals surface area contributed by atoms with Gasteiger partial charge in [-0.15, -0.1) is 6.58 Å². The molecule has 2 N–H and O–H groups in total. The summed E-state index contributed by atoms with van der Waals surface area (Å²) in [6, 6.07) is 5.80. The van der Waals surface area contributed by atoms with Crippen LogP contribution < -0.4 is 10.9 Å². The van der Waals surface area contributed by atoms with Gasteiger partial charge >= 0.3 is 5.97 Å². The molecular formula is C21H20FN3O3S. The highest BCUT2D eigenvalue weighted by atomic mass is 32.2. The predicted molar refractivity (Wildman–Crippen MR) is 112 cm³/mol. The van der Waals surface area contributed by atoms with Crippen molar-refractivity contribution < 1.29 is 13.9 Å². The lowest BCUT2D eigenvalue weighted by molar-refractivity contribution is -0.138. The number of allylic oxidation sites excluding steroid dienone is 1. The van der Waals surface area contributed by atoms with Gasteiger partial charge in [0.15, 0.2) is 5.16 Å². The molecule has 29 heavy (non-hydrogen) atoms. The maximum absolute atomic E-state index is 14.0. The van der Waals surface area contributed by atoms with E-state index in [4.69, 9.17) is 4.74 Å². The number of nitrogens with zero attached hydrogens (tertiary/aromatic N) is 1. The molecule has 2 aromatic rings. The number of hydrogen-bond acceptors (Lipinski definition) is 6. The molecule has 1 aromatic heterocycles. The van der Waals surface area contributed by atoms with Crippen LogP contribution >= 0.6 is 11.8 Å². The van der Waals surface area contributed by atoms with Crippen molar-refractivity contribution in [3.8, 4) is 0 Å². The van der Waals surface area contributed by atoms with Crippen LogP contribution in [-0.4, -0.2) is 28.3 Å². The number of rotatable bonds is 7. The summed E-state index contributed by atoms with van der Waals surface area (Å²) in [7, 11) is 0. The van der Waals surface area contributed by atoms with Crippen molar-refractivity contribution in [2.75, 3.05) is 17.7 Å². The van der Waals surface area contributed by atoms with E-state index >= 15 is 0 Å². The fraction of sp³-hybridized carbons (Fsp3) is 0.190. The van der Waals surface area contributed by atoms with E-state index in [0.717, 1.165) is 0 Å². The van der Waals surface area contributed by atoms with E-state index < -0.39 is 23.3 Å². The largest absolute Gasteiger partial charge is 0.458 e. The summed E-state index contributed by atoms with van der Waals surface area (Å²) in [6.45, 7) is 8.90. The second-order valence-electron chi connectivity index (χ2n) is 6.27. The number of H-pyrrole nitrogens is 1. The first-order valence-corrected chi connectivity index (χ1v) is 9.84. The predicted octanol–water partition coefficient (Wildman–Crippen LogP) is 3.75. The van der Waals surface area contributed by atoms with Crippen LogP contribution in [0.15, 0.2) is 70.8 Å². The molecule has 0 bridgehead atoms. The molecule has 1 aromatic carbocycles. The van der Waals surface area contributed by atoms with Gasteiger partial charge in [-0.3, -0.25) is 4.79 Å². The van der Waals surface area contributed by atoms with Gasteiger partial charge in [-0.25, -0.2) is 14.2 Å². The molecule has 0 aliphatic carbocycles. The van der Waals surface area contributed by atoms with E-state index in [0.29, 0.717) is 28.0 Å². The second kappa shape index (κ2) is 8.91. The summed E-state index contributed by atoms with van der Waals surface area (Å²) >= 11 is 1.32. The normalized spacial score (nSPS) is 15.3. The zero-order chi connectivity index (χ0) is 21.0. The SMILES string of the molecule is C=CCOC(=O)C1=C(C)Nc2nc(SCC=C)[nH]c(=O)c2[C@@H]1c1cccc(F)c1. The van der Waals surface area contributed by atoms with Gasteiger partial charge in [0.1, 0.15) is 18.2 Å². The fourth-order valence-corrected chi connectivity index (χ4v) is 3.74. The molecule has 2 heterocycles. The summed E-state index contributed by atoms with van der Waals surface area (Å²) in [6.07, 6.45) is 3.15. The molecule has 0 unspecified atom stereocenters. The van der Waals surface area contributed by atoms with Crippen LogP contribution in [0.4, 0.5) is 10.2 Å². The Kier molecular flexibility index (Phi) is 6.33. The van der Waals surface area contributed by atoms with Crippen molar-refractivity contribution in [3.63, 3.8) is 0 Å². The summed E-state index contributed by atoms with van der Waals surface area (Å²) in [5.74, 6) is -1.01. The molecule has 0 fully saturated rings. The number of carbonyl (C=O) groups is 1. The monoisotopic (exact) mass is 413 g/mol. The average molecular weight is 413 g/mol. The molecule has 150 valence electrons. The van der Waals surface area contributed by atoms with E-state index in [-0.39, 0.29) is 17.7 Å². The number of ether oxygens (including phenoxy) is 1. The summed E-state index contributed by atoms with van der Waals surface area (Å²) in [4.78, 5) is 32.9. The first kappa shape index (κ1) is 20.6. The highest BCUT2D eigenvalue weighted by Crippen LogP contribution is 2.40. The number of benzene rings is 1. The van der Waals surface area contributed by atoms with Crippen molar-refractivity contribution in [2.45, 2.75) is 18.0 Å². The lowest BCUT2D eigenvalue weighted by Crippen LogP contribution is -2.31. The first-order chi connectivity index (χ1) is 14.0. The number of halogens is 1. The van der Waals surface area contributed by atoms with Gasteiger partial charge in [0.25, 0.3) is 5.56 Å². The van der Waals surface area contributed by atoms with Crippen molar-refractivity contribution in [1.29, 1.82) is 0 Å². The van der Waals surface area contributed by atoms with Crippen LogP contribution in [0.2, 0.25) is 0 Å². The van der Waals surface area contributed by atoms with Crippen molar-refractivity contribution >= 4 is 23.5 Å². The third kappa shape index (κ3) is 4.32. The Balaban J connectivity index is 2.18. The number of anilines is 1. The number of hydrogen-bond donors (Lipinski definition) is 2. The zero-order valence-corrected chi connectivity index (χ0v) is 16.6. The van der Waals surface area contributed by atoms with Gasteiger partial charge < -0.3 is 15.0 Å². The lowest BCUT2D eigenvalue weighted by atomic mass is 9.82. The Hall–Kier alpha value is -3.13. The lowest BCUT2D eigenvalue weighted by Gasteiger charge is -2.28. The highest BCUT2D eigenvalue weighted by Gasteiger charge is 2.36. The first-order valence-electron chi connectivity index (χ1n) is 8.85. The third-order valence-corrected chi connectivity index (χ3v) is 5.16. The van der Waals surface area contributed by atoms with Crippen molar-refractivity contribution in [1.82, 2.24) is 9.97 Å². The van der Waals surface area contributed by atoms with Crippen LogP contribution in [0.1, 0.15) is 24.0 Å². The Labute approximate surface area is 171 Å². The average Bonchev–Trinajstić information content (AvgIpc) is 2.69. The van der Waals surface area contributed by atoms with Gasteiger partial charge in [-0.1, -0.05) is 42.6 Å². The van der Waals surface area contributed by atoms with Gasteiger partial charge in [-0.05, 0) is 24.6 Å². The van der Waals surface area contributed by atoms with E-state index in [9.17, 15) is 14.0 Å². The maximum Gasteiger partial charge on any atom is 0.337 e. The summed E-state index contributed by atoms with van der Waals surface area (Å²) < 4.78 is 19.2.